The van der Waals surface area contributed by atoms with Crippen LogP contribution in [0.3, 0.4) is 0 Å². The minimum atomic E-state index is 0. The van der Waals surface area contributed by atoms with Crippen LogP contribution in [0.1, 0.15) is 32.3 Å². The van der Waals surface area contributed by atoms with Crippen LogP contribution in [0.2, 0.25) is 0 Å². The highest BCUT2D eigenvalue weighted by Gasteiger charge is 2.21. The molecule has 2 rings (SSSR count). The fourth-order valence-electron chi connectivity index (χ4n) is 3.15. The van der Waals surface area contributed by atoms with E-state index in [9.17, 15) is 5.11 Å². The summed E-state index contributed by atoms with van der Waals surface area (Å²) < 4.78 is 2.15. The van der Waals surface area contributed by atoms with Crippen LogP contribution in [0.25, 0.3) is 0 Å². The lowest BCUT2D eigenvalue weighted by Crippen LogP contribution is -2.38. The molecule has 1 fully saturated rings. The Bertz CT molecular complexity index is 494. The lowest BCUT2D eigenvalue weighted by molar-refractivity contribution is 0.142. The zero-order chi connectivity index (χ0) is 16.1. The number of rotatable bonds is 6. The SMILES string of the molecule is CCN(CC)CC1CCN(Cc2cc(I)cc(I)c2O)CC1.Cl.Cl. The Labute approximate surface area is 186 Å². The third-order valence-electron chi connectivity index (χ3n) is 4.62. The first kappa shape index (κ1) is 25.0. The van der Waals surface area contributed by atoms with Gasteiger partial charge in [-0.1, -0.05) is 13.8 Å². The minimum Gasteiger partial charge on any atom is -0.507 e. The van der Waals surface area contributed by atoms with Crippen molar-refractivity contribution in [3.05, 3.63) is 24.8 Å². The summed E-state index contributed by atoms with van der Waals surface area (Å²) in [5, 5.41) is 10.2. The predicted molar refractivity (Wildman–Crippen MR) is 124 cm³/mol. The van der Waals surface area contributed by atoms with Crippen LogP contribution < -0.4 is 0 Å². The van der Waals surface area contributed by atoms with Crippen molar-refractivity contribution < 1.29 is 5.11 Å². The van der Waals surface area contributed by atoms with Gasteiger partial charge in [0.15, 0.2) is 0 Å². The molecule has 1 saturated heterocycles. The van der Waals surface area contributed by atoms with Crippen molar-refractivity contribution >= 4 is 70.0 Å². The molecule has 1 aromatic carbocycles. The third-order valence-corrected chi connectivity index (χ3v) is 6.06. The Hall–Kier alpha value is 0.980. The number of aromatic hydroxyl groups is 1. The van der Waals surface area contributed by atoms with Gasteiger partial charge in [-0.3, -0.25) is 4.90 Å². The molecule has 1 aromatic rings. The molecule has 1 aliphatic heterocycles. The van der Waals surface area contributed by atoms with Crippen LogP contribution in [0.5, 0.6) is 5.75 Å². The van der Waals surface area contributed by atoms with E-state index in [1.54, 1.807) is 0 Å². The van der Waals surface area contributed by atoms with E-state index in [0.29, 0.717) is 5.75 Å². The second-order valence-corrected chi connectivity index (χ2v) is 8.51. The van der Waals surface area contributed by atoms with Crippen LogP contribution in [-0.2, 0) is 6.54 Å². The van der Waals surface area contributed by atoms with Crippen molar-refractivity contribution in [1.29, 1.82) is 0 Å². The van der Waals surface area contributed by atoms with Crippen molar-refractivity contribution in [2.75, 3.05) is 32.7 Å². The van der Waals surface area contributed by atoms with Gasteiger partial charge in [-0.15, -0.1) is 24.8 Å². The minimum absolute atomic E-state index is 0. The van der Waals surface area contributed by atoms with Gasteiger partial charge in [-0.05, 0) is 102 Å². The van der Waals surface area contributed by atoms with Crippen molar-refractivity contribution in [2.45, 2.75) is 33.2 Å². The lowest BCUT2D eigenvalue weighted by Gasteiger charge is -2.34. The Morgan fingerprint density at radius 3 is 2.25 bits per heavy atom. The van der Waals surface area contributed by atoms with E-state index in [0.717, 1.165) is 47.8 Å². The van der Waals surface area contributed by atoms with Crippen LogP contribution in [-0.4, -0.2) is 47.6 Å². The van der Waals surface area contributed by atoms with E-state index in [-0.39, 0.29) is 24.8 Å². The molecule has 0 bridgehead atoms. The zero-order valence-electron chi connectivity index (χ0n) is 14.3. The van der Waals surface area contributed by atoms with Gasteiger partial charge in [0.2, 0.25) is 0 Å². The van der Waals surface area contributed by atoms with Gasteiger partial charge in [-0.25, -0.2) is 0 Å². The molecular formula is C17H28Cl2I2N2O. The van der Waals surface area contributed by atoms with Crippen molar-refractivity contribution in [3.63, 3.8) is 0 Å². The largest absolute Gasteiger partial charge is 0.507 e. The number of piperidine rings is 1. The summed E-state index contributed by atoms with van der Waals surface area (Å²) in [7, 11) is 0. The number of nitrogens with zero attached hydrogens (tertiary/aromatic N) is 2. The van der Waals surface area contributed by atoms with Crippen molar-refractivity contribution in [1.82, 2.24) is 9.80 Å². The smallest absolute Gasteiger partial charge is 0.133 e. The summed E-state index contributed by atoms with van der Waals surface area (Å²) in [6.07, 6.45) is 2.55. The Balaban J connectivity index is 0.00000264. The van der Waals surface area contributed by atoms with E-state index < -0.39 is 0 Å². The number of benzene rings is 1. The summed E-state index contributed by atoms with van der Waals surface area (Å²) in [6, 6.07) is 4.14. The van der Waals surface area contributed by atoms with E-state index in [4.69, 9.17) is 0 Å². The van der Waals surface area contributed by atoms with Crippen LogP contribution in [0.4, 0.5) is 0 Å². The van der Waals surface area contributed by atoms with Crippen LogP contribution in [0.15, 0.2) is 12.1 Å². The summed E-state index contributed by atoms with van der Waals surface area (Å²) in [5.41, 5.74) is 1.07. The van der Waals surface area contributed by atoms with E-state index in [1.165, 1.54) is 23.0 Å². The van der Waals surface area contributed by atoms with Gasteiger partial charge < -0.3 is 10.0 Å². The monoisotopic (exact) mass is 600 g/mol. The number of hydrogen-bond donors (Lipinski definition) is 1. The number of hydrogen-bond acceptors (Lipinski definition) is 3. The molecule has 24 heavy (non-hydrogen) atoms. The molecular weight excluding hydrogens is 573 g/mol. The number of phenols is 1. The second-order valence-electron chi connectivity index (χ2n) is 6.10. The first-order valence-electron chi connectivity index (χ1n) is 8.15. The maximum atomic E-state index is 10.2. The fraction of sp³-hybridized carbons (Fsp3) is 0.647. The fourth-order valence-corrected chi connectivity index (χ4v) is 5.12. The Kier molecular flexibility index (Phi) is 12.9. The van der Waals surface area contributed by atoms with Gasteiger partial charge >= 0.3 is 0 Å². The van der Waals surface area contributed by atoms with E-state index in [2.05, 4.69) is 74.9 Å². The Morgan fingerprint density at radius 1 is 1.12 bits per heavy atom. The molecule has 0 unspecified atom stereocenters. The average molecular weight is 601 g/mol. The molecule has 1 heterocycles. The predicted octanol–water partition coefficient (Wildman–Crippen LogP) is 5.00. The molecule has 0 aliphatic carbocycles. The second kappa shape index (κ2) is 12.4. The van der Waals surface area contributed by atoms with Crippen molar-refractivity contribution in [3.8, 4) is 5.75 Å². The van der Waals surface area contributed by atoms with Crippen LogP contribution in [0, 0.1) is 13.1 Å². The first-order valence-corrected chi connectivity index (χ1v) is 10.3. The number of halogens is 4. The molecule has 0 amide bonds. The molecule has 0 saturated carbocycles. The standard InChI is InChI=1S/C17H26I2N2O.2ClH/c1-3-20(4-2)11-13-5-7-21(8-6-13)12-14-9-15(18)10-16(19)17(14)22;;/h9-10,13,22H,3-8,11-12H2,1-2H3;2*1H. The van der Waals surface area contributed by atoms with Gasteiger partial charge in [0.05, 0.1) is 3.57 Å². The number of phenolic OH excluding ortho intramolecular Hbond substituents is 1. The van der Waals surface area contributed by atoms with Gasteiger partial charge in [-0.2, -0.15) is 0 Å². The molecule has 0 spiro atoms. The summed E-state index contributed by atoms with van der Waals surface area (Å²) in [4.78, 5) is 5.02. The molecule has 1 N–H and O–H groups in total. The quantitative estimate of drug-likeness (QED) is 0.466. The van der Waals surface area contributed by atoms with E-state index >= 15 is 0 Å². The Morgan fingerprint density at radius 2 is 1.71 bits per heavy atom. The molecule has 0 aromatic heterocycles. The molecule has 7 heteroatoms. The molecule has 3 nitrogen and oxygen atoms in total. The maximum absolute atomic E-state index is 10.2. The highest BCUT2D eigenvalue weighted by molar-refractivity contribution is 14.1. The molecule has 0 radical (unpaired) electrons. The average Bonchev–Trinajstić information content (AvgIpc) is 2.51. The van der Waals surface area contributed by atoms with Gasteiger partial charge in [0, 0.05) is 22.2 Å². The van der Waals surface area contributed by atoms with Crippen molar-refractivity contribution in [2.24, 2.45) is 5.92 Å². The normalized spacial score (nSPS) is 15.9. The highest BCUT2D eigenvalue weighted by Crippen LogP contribution is 2.29. The summed E-state index contributed by atoms with van der Waals surface area (Å²) >= 11 is 4.54. The molecule has 1 aliphatic rings. The van der Waals surface area contributed by atoms with Gasteiger partial charge in [0.1, 0.15) is 5.75 Å². The van der Waals surface area contributed by atoms with Gasteiger partial charge in [0.25, 0.3) is 0 Å². The highest BCUT2D eigenvalue weighted by atomic mass is 127. The first-order chi connectivity index (χ1) is 10.5. The van der Waals surface area contributed by atoms with Crippen LogP contribution >= 0.6 is 70.0 Å². The zero-order valence-corrected chi connectivity index (χ0v) is 20.3. The molecule has 140 valence electrons. The van der Waals surface area contributed by atoms with E-state index in [1.807, 2.05) is 6.07 Å². The molecule has 0 atom stereocenters. The third kappa shape index (κ3) is 7.31. The topological polar surface area (TPSA) is 26.7 Å². The lowest BCUT2D eigenvalue weighted by atomic mass is 9.95. The summed E-state index contributed by atoms with van der Waals surface area (Å²) in [6.45, 7) is 11.2. The number of likely N-dealkylation sites (tertiary alicyclic amines) is 1. The maximum Gasteiger partial charge on any atom is 0.133 e. The summed E-state index contributed by atoms with van der Waals surface area (Å²) in [5.74, 6) is 1.30.